The van der Waals surface area contributed by atoms with Crippen molar-refractivity contribution >= 4 is 15.8 Å². The van der Waals surface area contributed by atoms with Crippen molar-refractivity contribution in [2.45, 2.75) is 36.3 Å². The van der Waals surface area contributed by atoms with Gasteiger partial charge in [0.2, 0.25) is 0 Å². The van der Waals surface area contributed by atoms with Crippen LogP contribution < -0.4 is 0 Å². The second-order valence-electron chi connectivity index (χ2n) is 6.64. The molecule has 6 heteroatoms. The lowest BCUT2D eigenvalue weighted by Gasteiger charge is -2.05. The van der Waals surface area contributed by atoms with Crippen LogP contribution in [0.1, 0.15) is 29.5 Å². The van der Waals surface area contributed by atoms with Gasteiger partial charge in [-0.05, 0) is 36.6 Å². The maximum absolute atomic E-state index is 13.1. The van der Waals surface area contributed by atoms with Gasteiger partial charge in [0, 0.05) is 5.92 Å². The molecule has 0 spiro atoms. The van der Waals surface area contributed by atoms with Gasteiger partial charge >= 0.3 is 5.97 Å². The Morgan fingerprint density at radius 3 is 2.19 bits per heavy atom. The van der Waals surface area contributed by atoms with Crippen molar-refractivity contribution < 1.29 is 18.3 Å². The van der Waals surface area contributed by atoms with E-state index in [1.54, 1.807) is 30.3 Å². The SMILES string of the molecule is CCc1ccc([C@@H]2[C@@H](S(=O)(=O)c3ccc(C)cc3)[C@@]2(C#N)C(=O)O)cc1. The lowest BCUT2D eigenvalue weighted by atomic mass is 9.99. The fourth-order valence-corrected chi connectivity index (χ4v) is 5.74. The minimum atomic E-state index is -3.96. The number of nitrogens with zero attached hydrogens (tertiary/aromatic N) is 1. The van der Waals surface area contributed by atoms with Crippen molar-refractivity contribution in [1.29, 1.82) is 5.26 Å². The zero-order valence-electron chi connectivity index (χ0n) is 14.5. The van der Waals surface area contributed by atoms with Crippen LogP contribution in [0, 0.1) is 23.7 Å². The summed E-state index contributed by atoms with van der Waals surface area (Å²) in [7, 11) is -3.96. The van der Waals surface area contributed by atoms with Crippen LogP contribution in [0.5, 0.6) is 0 Å². The lowest BCUT2D eigenvalue weighted by molar-refractivity contribution is -0.141. The molecule has 1 saturated carbocycles. The van der Waals surface area contributed by atoms with Gasteiger partial charge in [-0.25, -0.2) is 8.42 Å². The third-order valence-corrected chi connectivity index (χ3v) is 7.34. The Morgan fingerprint density at radius 2 is 1.73 bits per heavy atom. The molecule has 3 atom stereocenters. The van der Waals surface area contributed by atoms with Crippen LogP contribution in [0.4, 0.5) is 0 Å². The van der Waals surface area contributed by atoms with E-state index in [1.807, 2.05) is 26.0 Å². The first kappa shape index (κ1) is 18.2. The summed E-state index contributed by atoms with van der Waals surface area (Å²) in [5, 5.41) is 18.0. The summed E-state index contributed by atoms with van der Waals surface area (Å²) in [5.41, 5.74) is 0.561. The van der Waals surface area contributed by atoms with Crippen molar-refractivity contribution in [3.8, 4) is 6.07 Å². The molecule has 0 bridgehead atoms. The first-order valence-electron chi connectivity index (χ1n) is 8.33. The molecule has 2 aromatic carbocycles. The van der Waals surface area contributed by atoms with Gasteiger partial charge in [0.1, 0.15) is 5.25 Å². The second-order valence-corrected chi connectivity index (χ2v) is 8.71. The largest absolute Gasteiger partial charge is 0.480 e. The number of aryl methyl sites for hydroxylation is 2. The zero-order valence-corrected chi connectivity index (χ0v) is 15.3. The van der Waals surface area contributed by atoms with E-state index in [0.29, 0.717) is 5.56 Å². The van der Waals surface area contributed by atoms with E-state index in [-0.39, 0.29) is 4.90 Å². The van der Waals surface area contributed by atoms with Crippen LogP contribution in [0.2, 0.25) is 0 Å². The van der Waals surface area contributed by atoms with Crippen molar-refractivity contribution in [3.63, 3.8) is 0 Å². The van der Waals surface area contributed by atoms with Gasteiger partial charge in [-0.2, -0.15) is 5.26 Å². The van der Waals surface area contributed by atoms with Gasteiger partial charge in [-0.3, -0.25) is 4.79 Å². The standard InChI is InChI=1S/C20H19NO4S/c1-3-14-6-8-15(9-7-14)17-18(20(17,12-21)19(22)23)26(24,25)16-10-4-13(2)5-11-16/h4-11,17-18H,3H2,1-2H3,(H,22,23)/t17-,18-,20+/m1/s1. The van der Waals surface area contributed by atoms with Crippen LogP contribution in [0.15, 0.2) is 53.4 Å². The number of rotatable bonds is 5. The fourth-order valence-electron chi connectivity index (χ4n) is 3.49. The van der Waals surface area contributed by atoms with Crippen LogP contribution in [0.3, 0.4) is 0 Å². The van der Waals surface area contributed by atoms with Crippen molar-refractivity contribution in [2.24, 2.45) is 5.41 Å². The quantitative estimate of drug-likeness (QED) is 0.874. The Morgan fingerprint density at radius 1 is 1.15 bits per heavy atom. The molecule has 0 saturated heterocycles. The predicted octanol–water partition coefficient (Wildman–Crippen LogP) is 3.09. The summed E-state index contributed by atoms with van der Waals surface area (Å²) in [5.74, 6) is -2.28. The molecular weight excluding hydrogens is 350 g/mol. The van der Waals surface area contributed by atoms with Gasteiger partial charge in [-0.15, -0.1) is 0 Å². The fraction of sp³-hybridized carbons (Fsp3) is 0.300. The summed E-state index contributed by atoms with van der Waals surface area (Å²) >= 11 is 0. The number of hydrogen-bond acceptors (Lipinski definition) is 4. The molecule has 26 heavy (non-hydrogen) atoms. The van der Waals surface area contributed by atoms with E-state index >= 15 is 0 Å². The highest BCUT2D eigenvalue weighted by molar-refractivity contribution is 7.92. The highest BCUT2D eigenvalue weighted by Crippen LogP contribution is 2.64. The third-order valence-electron chi connectivity index (χ3n) is 5.10. The van der Waals surface area contributed by atoms with Crippen LogP contribution in [-0.4, -0.2) is 24.7 Å². The summed E-state index contributed by atoms with van der Waals surface area (Å²) in [6.45, 7) is 3.83. The molecule has 0 radical (unpaired) electrons. The van der Waals surface area contributed by atoms with Crippen LogP contribution in [-0.2, 0) is 21.1 Å². The normalized spacial score (nSPS) is 24.7. The van der Waals surface area contributed by atoms with Crippen molar-refractivity contribution in [1.82, 2.24) is 0 Å². The Labute approximate surface area is 152 Å². The molecule has 1 N–H and O–H groups in total. The zero-order chi connectivity index (χ0) is 19.1. The van der Waals surface area contributed by atoms with Crippen molar-refractivity contribution in [3.05, 3.63) is 65.2 Å². The van der Waals surface area contributed by atoms with E-state index in [9.17, 15) is 23.6 Å². The lowest BCUT2D eigenvalue weighted by Crippen LogP contribution is -2.22. The molecule has 0 aromatic heterocycles. The number of carboxylic acids is 1. The molecule has 5 nitrogen and oxygen atoms in total. The number of carbonyl (C=O) groups is 1. The summed E-state index contributed by atoms with van der Waals surface area (Å²) < 4.78 is 26.2. The average molecular weight is 369 g/mol. The number of benzene rings is 2. The number of sulfone groups is 1. The number of aliphatic carboxylic acids is 1. The molecule has 1 fully saturated rings. The minimum Gasteiger partial charge on any atom is -0.480 e. The molecule has 3 rings (SSSR count). The number of carboxylic acid groups (broad SMARTS) is 1. The topological polar surface area (TPSA) is 95.2 Å². The Bertz CT molecular complexity index is 988. The summed E-state index contributed by atoms with van der Waals surface area (Å²) in [6.07, 6.45) is 0.818. The van der Waals surface area contributed by atoms with E-state index < -0.39 is 32.4 Å². The average Bonchev–Trinajstić information content (AvgIpc) is 3.34. The van der Waals surface area contributed by atoms with Gasteiger partial charge in [0.25, 0.3) is 0 Å². The van der Waals surface area contributed by atoms with Crippen LogP contribution in [0.25, 0.3) is 0 Å². The molecule has 0 heterocycles. The maximum atomic E-state index is 13.1. The Balaban J connectivity index is 2.10. The Kier molecular flexibility index (Phi) is 4.37. The van der Waals surface area contributed by atoms with E-state index in [1.165, 1.54) is 12.1 Å². The molecule has 0 aliphatic heterocycles. The molecule has 134 valence electrons. The highest BCUT2D eigenvalue weighted by Gasteiger charge is 2.77. The van der Waals surface area contributed by atoms with E-state index in [4.69, 9.17) is 0 Å². The smallest absolute Gasteiger partial charge is 0.326 e. The highest BCUT2D eigenvalue weighted by atomic mass is 32.2. The molecule has 2 aromatic rings. The first-order valence-corrected chi connectivity index (χ1v) is 9.87. The van der Waals surface area contributed by atoms with Gasteiger partial charge in [0.15, 0.2) is 15.3 Å². The molecule has 0 amide bonds. The number of nitriles is 1. The van der Waals surface area contributed by atoms with E-state index in [2.05, 4.69) is 0 Å². The summed E-state index contributed by atoms with van der Waals surface area (Å²) in [6, 6.07) is 15.2. The van der Waals surface area contributed by atoms with Gasteiger partial charge < -0.3 is 5.11 Å². The molecule has 1 aliphatic carbocycles. The van der Waals surface area contributed by atoms with Crippen molar-refractivity contribution in [2.75, 3.05) is 0 Å². The summed E-state index contributed by atoms with van der Waals surface area (Å²) in [4.78, 5) is 11.9. The second kappa shape index (κ2) is 6.26. The predicted molar refractivity (Wildman–Crippen MR) is 96.4 cm³/mol. The maximum Gasteiger partial charge on any atom is 0.326 e. The van der Waals surface area contributed by atoms with Gasteiger partial charge in [-0.1, -0.05) is 48.9 Å². The first-order chi connectivity index (χ1) is 12.3. The van der Waals surface area contributed by atoms with E-state index in [0.717, 1.165) is 17.5 Å². The van der Waals surface area contributed by atoms with Gasteiger partial charge in [0.05, 0.1) is 11.0 Å². The number of hydrogen-bond donors (Lipinski definition) is 1. The molecule has 0 unspecified atom stereocenters. The Hall–Kier alpha value is -2.65. The molecule has 1 aliphatic rings. The monoisotopic (exact) mass is 369 g/mol. The molecular formula is C20H19NO4S. The minimum absolute atomic E-state index is 0.0432. The van der Waals surface area contributed by atoms with Crippen LogP contribution >= 0.6 is 0 Å². The third kappa shape index (κ3) is 2.60.